The lowest BCUT2D eigenvalue weighted by atomic mass is 9.77. The SMILES string of the molecule is Cc1ccc(S(=O)(=O)N/N=C2/COC[C@]3(C)Oc4ccc(Br)cc4C[C@@H]23)cc1. The molecule has 0 bridgehead atoms. The second kappa shape index (κ2) is 7.17. The van der Waals surface area contributed by atoms with Crippen LogP contribution in [0.2, 0.25) is 0 Å². The first-order chi connectivity index (χ1) is 13.3. The van der Waals surface area contributed by atoms with Crippen LogP contribution in [0.3, 0.4) is 0 Å². The summed E-state index contributed by atoms with van der Waals surface area (Å²) in [5, 5.41) is 4.24. The molecule has 0 unspecified atom stereocenters. The van der Waals surface area contributed by atoms with Crippen molar-refractivity contribution in [3.63, 3.8) is 0 Å². The van der Waals surface area contributed by atoms with Crippen LogP contribution in [-0.2, 0) is 21.2 Å². The lowest BCUT2D eigenvalue weighted by Crippen LogP contribution is -2.56. The summed E-state index contributed by atoms with van der Waals surface area (Å²) in [6.07, 6.45) is 0.708. The Morgan fingerprint density at radius 3 is 2.71 bits per heavy atom. The Morgan fingerprint density at radius 1 is 1.21 bits per heavy atom. The Morgan fingerprint density at radius 2 is 1.96 bits per heavy atom. The van der Waals surface area contributed by atoms with Gasteiger partial charge in [0.2, 0.25) is 0 Å². The first kappa shape index (κ1) is 19.4. The van der Waals surface area contributed by atoms with E-state index in [4.69, 9.17) is 9.47 Å². The van der Waals surface area contributed by atoms with Crippen molar-refractivity contribution in [2.24, 2.45) is 11.0 Å². The summed E-state index contributed by atoms with van der Waals surface area (Å²) in [5.41, 5.74) is 2.10. The third kappa shape index (κ3) is 3.68. The van der Waals surface area contributed by atoms with Gasteiger partial charge in [0, 0.05) is 10.4 Å². The van der Waals surface area contributed by atoms with Gasteiger partial charge in [-0.15, -0.1) is 0 Å². The average Bonchev–Trinajstić information content (AvgIpc) is 2.65. The Labute approximate surface area is 173 Å². The maximum Gasteiger partial charge on any atom is 0.276 e. The van der Waals surface area contributed by atoms with Crippen molar-refractivity contribution >= 4 is 31.7 Å². The Hall–Kier alpha value is -1.90. The maximum atomic E-state index is 12.6. The molecular weight excluding hydrogens is 444 g/mol. The van der Waals surface area contributed by atoms with Crippen molar-refractivity contribution in [2.45, 2.75) is 30.8 Å². The Bertz CT molecular complexity index is 1040. The largest absolute Gasteiger partial charge is 0.484 e. The molecule has 2 aliphatic rings. The van der Waals surface area contributed by atoms with E-state index in [1.807, 2.05) is 32.0 Å². The molecule has 2 aromatic rings. The van der Waals surface area contributed by atoms with Crippen molar-refractivity contribution in [2.75, 3.05) is 13.2 Å². The molecule has 0 radical (unpaired) electrons. The molecule has 0 aromatic heterocycles. The Kier molecular flexibility index (Phi) is 4.97. The third-order valence-electron chi connectivity index (χ3n) is 5.21. The zero-order valence-electron chi connectivity index (χ0n) is 15.6. The molecule has 1 fully saturated rings. The van der Waals surface area contributed by atoms with E-state index < -0.39 is 15.6 Å². The fraction of sp³-hybridized carbons (Fsp3) is 0.350. The second-order valence-electron chi connectivity index (χ2n) is 7.43. The molecule has 2 aromatic carbocycles. The summed E-state index contributed by atoms with van der Waals surface area (Å²) in [7, 11) is -3.74. The topological polar surface area (TPSA) is 77.0 Å². The monoisotopic (exact) mass is 464 g/mol. The van der Waals surface area contributed by atoms with Gasteiger partial charge in [-0.2, -0.15) is 13.5 Å². The van der Waals surface area contributed by atoms with Crippen molar-refractivity contribution in [3.05, 3.63) is 58.1 Å². The predicted octanol–water partition coefficient (Wildman–Crippen LogP) is 3.43. The number of fused-ring (bicyclic) bond motifs is 2. The highest BCUT2D eigenvalue weighted by molar-refractivity contribution is 9.10. The van der Waals surface area contributed by atoms with Crippen LogP contribution in [0.15, 0.2) is 56.9 Å². The number of hydrogen-bond acceptors (Lipinski definition) is 5. The molecular formula is C20H21BrN2O4S. The number of nitrogens with zero attached hydrogens (tertiary/aromatic N) is 1. The summed E-state index contributed by atoms with van der Waals surface area (Å²) in [5.74, 6) is 0.746. The van der Waals surface area contributed by atoms with Crippen LogP contribution < -0.4 is 9.57 Å². The summed E-state index contributed by atoms with van der Waals surface area (Å²) in [4.78, 5) is 2.54. The van der Waals surface area contributed by atoms with Crippen molar-refractivity contribution in [1.82, 2.24) is 4.83 Å². The van der Waals surface area contributed by atoms with Gasteiger partial charge >= 0.3 is 0 Å². The molecule has 0 spiro atoms. The van der Waals surface area contributed by atoms with Crippen molar-refractivity contribution in [1.29, 1.82) is 0 Å². The summed E-state index contributed by atoms with van der Waals surface area (Å²) >= 11 is 3.49. The average molecular weight is 465 g/mol. The van der Waals surface area contributed by atoms with E-state index in [1.165, 1.54) is 0 Å². The Balaban J connectivity index is 1.62. The zero-order valence-corrected chi connectivity index (χ0v) is 18.0. The standard InChI is InChI=1S/C20H21BrN2O4S/c1-13-3-6-16(7-4-13)28(24,25)23-22-18-11-26-12-20(2)17(18)10-14-9-15(21)5-8-19(14)27-20/h3-9,17,23H,10-12H2,1-2H3/b22-18-/t17-,20-/m0/s1. The van der Waals surface area contributed by atoms with E-state index in [0.717, 1.165) is 21.3 Å². The van der Waals surface area contributed by atoms with Gasteiger partial charge in [0.25, 0.3) is 10.0 Å². The first-order valence-electron chi connectivity index (χ1n) is 8.97. The van der Waals surface area contributed by atoms with E-state index in [1.54, 1.807) is 24.3 Å². The summed E-state index contributed by atoms with van der Waals surface area (Å²) < 4.78 is 38.0. The molecule has 1 N–H and O–H groups in total. The third-order valence-corrected chi connectivity index (χ3v) is 6.93. The molecule has 28 heavy (non-hydrogen) atoms. The number of rotatable bonds is 3. The molecule has 4 rings (SSSR count). The molecule has 0 amide bonds. The molecule has 0 aliphatic carbocycles. The quantitative estimate of drug-likeness (QED) is 0.705. The van der Waals surface area contributed by atoms with Gasteiger partial charge in [-0.05, 0) is 56.2 Å². The molecule has 1 saturated heterocycles. The maximum absolute atomic E-state index is 12.6. The number of hydrogen-bond donors (Lipinski definition) is 1. The first-order valence-corrected chi connectivity index (χ1v) is 11.2. The van der Waals surface area contributed by atoms with E-state index in [9.17, 15) is 8.42 Å². The van der Waals surface area contributed by atoms with Crippen LogP contribution in [0.25, 0.3) is 0 Å². The number of halogens is 1. The van der Waals surface area contributed by atoms with Crippen LogP contribution in [0.5, 0.6) is 5.75 Å². The number of hydrazone groups is 1. The van der Waals surface area contributed by atoms with Crippen LogP contribution in [0.1, 0.15) is 18.1 Å². The van der Waals surface area contributed by atoms with E-state index in [0.29, 0.717) is 18.7 Å². The molecule has 8 heteroatoms. The van der Waals surface area contributed by atoms with Crippen LogP contribution in [0.4, 0.5) is 0 Å². The molecule has 2 heterocycles. The van der Waals surface area contributed by atoms with Crippen molar-refractivity contribution in [3.8, 4) is 5.75 Å². The van der Waals surface area contributed by atoms with Gasteiger partial charge in [0.15, 0.2) is 0 Å². The summed E-state index contributed by atoms with van der Waals surface area (Å²) in [6.45, 7) is 4.58. The number of sulfonamides is 1. The van der Waals surface area contributed by atoms with Crippen LogP contribution in [0, 0.1) is 12.8 Å². The highest BCUT2D eigenvalue weighted by Crippen LogP contribution is 2.40. The highest BCUT2D eigenvalue weighted by Gasteiger charge is 2.47. The van der Waals surface area contributed by atoms with E-state index in [-0.39, 0.29) is 17.4 Å². The number of benzene rings is 2. The number of aryl methyl sites for hydroxylation is 1. The van der Waals surface area contributed by atoms with Gasteiger partial charge in [-0.1, -0.05) is 33.6 Å². The van der Waals surface area contributed by atoms with Gasteiger partial charge in [-0.25, -0.2) is 4.83 Å². The highest BCUT2D eigenvalue weighted by atomic mass is 79.9. The second-order valence-corrected chi connectivity index (χ2v) is 10.0. The molecule has 0 saturated carbocycles. The normalized spacial score (nSPS) is 25.5. The van der Waals surface area contributed by atoms with Gasteiger partial charge in [0.05, 0.1) is 23.8 Å². The van der Waals surface area contributed by atoms with Crippen LogP contribution >= 0.6 is 15.9 Å². The fourth-order valence-corrected chi connectivity index (χ4v) is 4.87. The smallest absolute Gasteiger partial charge is 0.276 e. The van der Waals surface area contributed by atoms with Crippen LogP contribution in [-0.4, -0.2) is 32.9 Å². The van der Waals surface area contributed by atoms with Gasteiger partial charge in [0.1, 0.15) is 11.4 Å². The van der Waals surface area contributed by atoms with E-state index >= 15 is 0 Å². The van der Waals surface area contributed by atoms with Gasteiger partial charge < -0.3 is 9.47 Å². The molecule has 2 aliphatic heterocycles. The molecule has 2 atom stereocenters. The van der Waals surface area contributed by atoms with Gasteiger partial charge in [-0.3, -0.25) is 0 Å². The lowest BCUT2D eigenvalue weighted by molar-refractivity contribution is -0.0562. The lowest BCUT2D eigenvalue weighted by Gasteiger charge is -2.45. The van der Waals surface area contributed by atoms with E-state index in [2.05, 4.69) is 25.9 Å². The van der Waals surface area contributed by atoms with Crippen molar-refractivity contribution < 1.29 is 17.9 Å². The number of ether oxygens (including phenoxy) is 2. The molecule has 148 valence electrons. The zero-order chi connectivity index (χ0) is 19.9. The fourth-order valence-electron chi connectivity index (χ4n) is 3.62. The summed E-state index contributed by atoms with van der Waals surface area (Å²) in [6, 6.07) is 12.5. The minimum atomic E-state index is -3.74. The minimum Gasteiger partial charge on any atom is -0.484 e. The number of nitrogens with one attached hydrogen (secondary N) is 1. The minimum absolute atomic E-state index is 0.0798. The molecule has 6 nitrogen and oxygen atoms in total. The predicted molar refractivity (Wildman–Crippen MR) is 110 cm³/mol.